The molecule has 2 heteroatoms. The van der Waals surface area contributed by atoms with Gasteiger partial charge in [-0.1, -0.05) is 0 Å². The predicted molar refractivity (Wildman–Crippen MR) is 39.1 cm³/mol. The quantitative estimate of drug-likeness (QED) is 0.580. The van der Waals surface area contributed by atoms with Crippen molar-refractivity contribution in [1.29, 1.82) is 0 Å². The second-order valence-corrected chi connectivity index (χ2v) is 2.19. The fourth-order valence-electron chi connectivity index (χ4n) is 1.05. The van der Waals surface area contributed by atoms with Gasteiger partial charge in [0.1, 0.15) is 5.75 Å². The molecule has 1 N–H and O–H groups in total. The van der Waals surface area contributed by atoms with Gasteiger partial charge in [-0.05, 0) is 24.3 Å². The van der Waals surface area contributed by atoms with Crippen LogP contribution in [0.5, 0.6) is 5.75 Å². The molecule has 2 nitrogen and oxygen atoms in total. The first-order valence-electron chi connectivity index (χ1n) is 3.12. The van der Waals surface area contributed by atoms with Crippen LogP contribution in [0.1, 0.15) is 0 Å². The zero-order valence-electron chi connectivity index (χ0n) is 5.36. The molecule has 2 heterocycles. The summed E-state index contributed by atoms with van der Waals surface area (Å²) in [6, 6.07) is 7.25. The van der Waals surface area contributed by atoms with E-state index in [-0.39, 0.29) is 0 Å². The van der Waals surface area contributed by atoms with Crippen LogP contribution in [0.4, 0.5) is 0 Å². The highest BCUT2D eigenvalue weighted by Crippen LogP contribution is 2.16. The minimum Gasteiger partial charge on any atom is -0.506 e. The van der Waals surface area contributed by atoms with Crippen molar-refractivity contribution in [3.8, 4) is 5.75 Å². The molecule has 0 unspecified atom stereocenters. The average Bonchev–Trinajstić information content (AvgIpc) is 2.36. The summed E-state index contributed by atoms with van der Waals surface area (Å²) in [5.74, 6) is 0.326. The molecule has 2 rings (SSSR count). The lowest BCUT2D eigenvalue weighted by Crippen LogP contribution is -1.78. The van der Waals surface area contributed by atoms with Gasteiger partial charge in [0.2, 0.25) is 0 Å². The molecule has 10 heavy (non-hydrogen) atoms. The number of aromatic hydroxyl groups is 1. The van der Waals surface area contributed by atoms with Crippen molar-refractivity contribution < 1.29 is 5.11 Å². The highest BCUT2D eigenvalue weighted by atomic mass is 16.3. The van der Waals surface area contributed by atoms with Gasteiger partial charge < -0.3 is 9.51 Å². The van der Waals surface area contributed by atoms with E-state index in [2.05, 4.69) is 0 Å². The molecule has 0 atom stereocenters. The summed E-state index contributed by atoms with van der Waals surface area (Å²) >= 11 is 0. The maximum Gasteiger partial charge on any atom is 0.139 e. The Balaban J connectivity index is 2.95. The minimum absolute atomic E-state index is 0.326. The van der Waals surface area contributed by atoms with Gasteiger partial charge in [-0.3, -0.25) is 0 Å². The van der Waals surface area contributed by atoms with Gasteiger partial charge in [-0.25, -0.2) is 0 Å². The molecule has 0 aliphatic rings. The fourth-order valence-corrected chi connectivity index (χ4v) is 1.05. The van der Waals surface area contributed by atoms with Crippen molar-refractivity contribution in [1.82, 2.24) is 4.40 Å². The van der Waals surface area contributed by atoms with Gasteiger partial charge in [0.15, 0.2) is 0 Å². The Labute approximate surface area is 58.3 Å². The second-order valence-electron chi connectivity index (χ2n) is 2.19. The van der Waals surface area contributed by atoms with E-state index in [0.29, 0.717) is 5.75 Å². The summed E-state index contributed by atoms with van der Waals surface area (Å²) in [7, 11) is 0. The van der Waals surface area contributed by atoms with Crippen molar-refractivity contribution in [2.75, 3.05) is 0 Å². The van der Waals surface area contributed by atoms with Crippen molar-refractivity contribution in [3.63, 3.8) is 0 Å². The number of hydrogen-bond acceptors (Lipinski definition) is 1. The summed E-state index contributed by atoms with van der Waals surface area (Å²) in [4.78, 5) is 0. The van der Waals surface area contributed by atoms with Crippen LogP contribution in [-0.4, -0.2) is 9.51 Å². The number of fused-ring (bicyclic) bond motifs is 1. The number of rotatable bonds is 0. The number of aromatic nitrogens is 1. The average molecular weight is 133 g/mol. The van der Waals surface area contributed by atoms with Crippen LogP contribution in [0.25, 0.3) is 5.52 Å². The molecule has 0 amide bonds. The Hall–Kier alpha value is -1.44. The molecule has 0 spiro atoms. The third-order valence-corrected chi connectivity index (χ3v) is 1.54. The molecule has 50 valence electrons. The van der Waals surface area contributed by atoms with Crippen molar-refractivity contribution in [2.24, 2.45) is 0 Å². The molecule has 0 saturated heterocycles. The number of hydrogen-bond donors (Lipinski definition) is 1. The lowest BCUT2D eigenvalue weighted by atomic mass is 10.4. The zero-order chi connectivity index (χ0) is 6.97. The largest absolute Gasteiger partial charge is 0.506 e. The standard InChI is InChI=1S/C8H7NO/c10-8-4-2-6-9-5-1-3-7(8)9/h1-6,10H. The zero-order valence-corrected chi connectivity index (χ0v) is 5.36. The molecule has 0 radical (unpaired) electrons. The molecule has 0 aliphatic heterocycles. The fraction of sp³-hybridized carbons (Fsp3) is 0. The van der Waals surface area contributed by atoms with E-state index < -0.39 is 0 Å². The minimum atomic E-state index is 0.326. The summed E-state index contributed by atoms with van der Waals surface area (Å²) in [6.45, 7) is 0. The van der Waals surface area contributed by atoms with E-state index in [4.69, 9.17) is 0 Å². The van der Waals surface area contributed by atoms with E-state index >= 15 is 0 Å². The Kier molecular flexibility index (Phi) is 0.947. The Morgan fingerprint density at radius 1 is 1.10 bits per heavy atom. The summed E-state index contributed by atoms with van der Waals surface area (Å²) in [5.41, 5.74) is 0.850. The molecular formula is C8H7NO. The van der Waals surface area contributed by atoms with Crippen LogP contribution in [0.3, 0.4) is 0 Å². The summed E-state index contributed by atoms with van der Waals surface area (Å²) in [6.07, 6.45) is 3.80. The van der Waals surface area contributed by atoms with Crippen LogP contribution in [0, 0.1) is 0 Å². The van der Waals surface area contributed by atoms with Crippen molar-refractivity contribution >= 4 is 5.52 Å². The third-order valence-electron chi connectivity index (χ3n) is 1.54. The van der Waals surface area contributed by atoms with Crippen molar-refractivity contribution in [3.05, 3.63) is 36.7 Å². The smallest absolute Gasteiger partial charge is 0.139 e. The summed E-state index contributed by atoms with van der Waals surface area (Å²) in [5, 5.41) is 9.24. The number of pyridine rings is 1. The van der Waals surface area contributed by atoms with Gasteiger partial charge in [0.25, 0.3) is 0 Å². The maximum absolute atomic E-state index is 9.24. The molecule has 2 aromatic heterocycles. The lowest BCUT2D eigenvalue weighted by molar-refractivity contribution is 0.479. The summed E-state index contributed by atoms with van der Waals surface area (Å²) < 4.78 is 1.87. The maximum atomic E-state index is 9.24. The van der Waals surface area contributed by atoms with Gasteiger partial charge in [-0.15, -0.1) is 0 Å². The van der Waals surface area contributed by atoms with E-state index in [1.165, 1.54) is 0 Å². The molecule has 0 aliphatic carbocycles. The second kappa shape index (κ2) is 1.77. The third kappa shape index (κ3) is 0.589. The van der Waals surface area contributed by atoms with Crippen LogP contribution < -0.4 is 0 Å². The van der Waals surface area contributed by atoms with Gasteiger partial charge in [0, 0.05) is 12.4 Å². The van der Waals surface area contributed by atoms with Crippen LogP contribution in [-0.2, 0) is 0 Å². The first-order valence-corrected chi connectivity index (χ1v) is 3.12. The predicted octanol–water partition coefficient (Wildman–Crippen LogP) is 1.64. The Morgan fingerprint density at radius 3 is 2.50 bits per heavy atom. The highest BCUT2D eigenvalue weighted by Gasteiger charge is 1.94. The van der Waals surface area contributed by atoms with E-state index in [1.807, 2.05) is 35.0 Å². The molecule has 0 bridgehead atoms. The first kappa shape index (κ1) is 5.35. The van der Waals surface area contributed by atoms with Crippen LogP contribution >= 0.6 is 0 Å². The molecule has 0 fully saturated rings. The monoisotopic (exact) mass is 133 g/mol. The molecule has 0 aromatic carbocycles. The highest BCUT2D eigenvalue weighted by molar-refractivity contribution is 5.59. The number of nitrogens with zero attached hydrogens (tertiary/aromatic N) is 1. The Morgan fingerprint density at radius 2 is 1.80 bits per heavy atom. The molecule has 2 aromatic rings. The van der Waals surface area contributed by atoms with E-state index in [1.54, 1.807) is 6.07 Å². The molecular weight excluding hydrogens is 126 g/mol. The van der Waals surface area contributed by atoms with Crippen molar-refractivity contribution in [2.45, 2.75) is 0 Å². The van der Waals surface area contributed by atoms with Gasteiger partial charge in [-0.2, -0.15) is 0 Å². The van der Waals surface area contributed by atoms with E-state index in [0.717, 1.165) is 5.52 Å². The van der Waals surface area contributed by atoms with Gasteiger partial charge in [0.05, 0.1) is 5.52 Å². The molecule has 0 saturated carbocycles. The Bertz CT molecular complexity index is 351. The normalized spacial score (nSPS) is 10.4. The first-order chi connectivity index (χ1) is 4.88. The lowest BCUT2D eigenvalue weighted by Gasteiger charge is -1.94. The topological polar surface area (TPSA) is 24.6 Å². The SMILES string of the molecule is Oc1cccn2cccc12. The van der Waals surface area contributed by atoms with Crippen LogP contribution in [0.2, 0.25) is 0 Å². The van der Waals surface area contributed by atoms with E-state index in [9.17, 15) is 5.11 Å². The van der Waals surface area contributed by atoms with Gasteiger partial charge >= 0.3 is 0 Å². The van der Waals surface area contributed by atoms with Crippen LogP contribution in [0.15, 0.2) is 36.7 Å².